The molecule has 0 rings (SSSR count). The lowest BCUT2D eigenvalue weighted by Crippen LogP contribution is -2.13. The zero-order valence-corrected chi connectivity index (χ0v) is 7.74. The molecule has 0 heterocycles. The first-order chi connectivity index (χ1) is 6.22. The van der Waals surface area contributed by atoms with Gasteiger partial charge in [0, 0.05) is 6.42 Å². The van der Waals surface area contributed by atoms with Crippen molar-refractivity contribution >= 4 is 12.3 Å². The number of unbranched alkanes of at least 4 members (excludes halogenated alkanes) is 1. The number of hydrogen-bond donors (Lipinski definition) is 1. The molecule has 1 unspecified atom stereocenters. The van der Waals surface area contributed by atoms with E-state index in [1.807, 2.05) is 0 Å². The highest BCUT2D eigenvalue weighted by molar-refractivity contribution is 5.70. The van der Waals surface area contributed by atoms with Crippen LogP contribution < -0.4 is 0 Å². The third-order valence-corrected chi connectivity index (χ3v) is 1.94. The van der Waals surface area contributed by atoms with Crippen LogP contribution in [0.15, 0.2) is 12.7 Å². The van der Waals surface area contributed by atoms with E-state index in [-0.39, 0.29) is 5.92 Å². The number of carboxylic acid groups (broad SMARTS) is 1. The predicted octanol–water partition coefficient (Wildman–Crippen LogP) is 2.02. The van der Waals surface area contributed by atoms with Crippen molar-refractivity contribution in [1.82, 2.24) is 0 Å². The molecule has 0 aliphatic rings. The lowest BCUT2D eigenvalue weighted by molar-refractivity contribution is -0.142. The topological polar surface area (TPSA) is 54.4 Å². The Bertz CT molecular complexity index is 175. The average molecular weight is 184 g/mol. The van der Waals surface area contributed by atoms with Crippen LogP contribution >= 0.6 is 0 Å². The molecule has 0 saturated heterocycles. The van der Waals surface area contributed by atoms with Crippen molar-refractivity contribution in [2.75, 3.05) is 0 Å². The normalized spacial score (nSPS) is 12.0. The van der Waals surface area contributed by atoms with Crippen LogP contribution in [0.1, 0.15) is 32.1 Å². The van der Waals surface area contributed by atoms with Crippen molar-refractivity contribution in [3.05, 3.63) is 12.7 Å². The Labute approximate surface area is 78.5 Å². The van der Waals surface area contributed by atoms with E-state index in [0.29, 0.717) is 19.3 Å². The smallest absolute Gasteiger partial charge is 0.306 e. The molecule has 1 atom stereocenters. The summed E-state index contributed by atoms with van der Waals surface area (Å²) in [6.45, 7) is 3.56. The van der Waals surface area contributed by atoms with Crippen LogP contribution in [0.2, 0.25) is 0 Å². The first-order valence-corrected chi connectivity index (χ1v) is 4.49. The van der Waals surface area contributed by atoms with E-state index in [1.54, 1.807) is 6.08 Å². The van der Waals surface area contributed by atoms with E-state index < -0.39 is 5.97 Å². The molecular weight excluding hydrogens is 168 g/mol. The average Bonchev–Trinajstić information content (AvgIpc) is 2.10. The van der Waals surface area contributed by atoms with Gasteiger partial charge >= 0.3 is 5.97 Å². The molecular formula is C10H16O3. The fraction of sp³-hybridized carbons (Fsp3) is 0.600. The molecule has 1 N–H and O–H groups in total. The summed E-state index contributed by atoms with van der Waals surface area (Å²) in [5, 5.41) is 8.76. The van der Waals surface area contributed by atoms with Gasteiger partial charge in [0.2, 0.25) is 0 Å². The lowest BCUT2D eigenvalue weighted by Gasteiger charge is -2.08. The van der Waals surface area contributed by atoms with E-state index in [2.05, 4.69) is 6.58 Å². The summed E-state index contributed by atoms with van der Waals surface area (Å²) < 4.78 is 0. The molecule has 0 fully saturated rings. The highest BCUT2D eigenvalue weighted by Crippen LogP contribution is 2.14. The molecule has 0 bridgehead atoms. The number of hydrogen-bond acceptors (Lipinski definition) is 2. The second-order valence-corrected chi connectivity index (χ2v) is 3.00. The Morgan fingerprint density at radius 2 is 2.08 bits per heavy atom. The molecule has 0 radical (unpaired) electrons. The Morgan fingerprint density at radius 1 is 1.38 bits per heavy atom. The van der Waals surface area contributed by atoms with Crippen molar-refractivity contribution in [1.29, 1.82) is 0 Å². The highest BCUT2D eigenvalue weighted by atomic mass is 16.4. The third kappa shape index (κ3) is 6.08. The van der Waals surface area contributed by atoms with Gasteiger partial charge in [0.1, 0.15) is 6.29 Å². The maximum atomic E-state index is 10.7. The Hall–Kier alpha value is -1.12. The molecule has 13 heavy (non-hydrogen) atoms. The summed E-state index contributed by atoms with van der Waals surface area (Å²) in [6, 6.07) is 0. The Kier molecular flexibility index (Phi) is 6.88. The van der Waals surface area contributed by atoms with Crippen molar-refractivity contribution in [2.24, 2.45) is 5.92 Å². The number of carboxylic acids is 1. The van der Waals surface area contributed by atoms with Gasteiger partial charge < -0.3 is 9.90 Å². The SMILES string of the molecule is C=CCCCC(CCC=O)C(=O)O. The number of carbonyl (C=O) groups is 2. The third-order valence-electron chi connectivity index (χ3n) is 1.94. The van der Waals surface area contributed by atoms with Crippen LogP contribution in [-0.2, 0) is 9.59 Å². The first-order valence-electron chi connectivity index (χ1n) is 4.49. The van der Waals surface area contributed by atoms with E-state index in [9.17, 15) is 9.59 Å². The van der Waals surface area contributed by atoms with Gasteiger partial charge in [-0.25, -0.2) is 0 Å². The molecule has 3 heteroatoms. The first kappa shape index (κ1) is 11.9. The number of aliphatic carboxylic acids is 1. The minimum atomic E-state index is -0.800. The Balaban J connectivity index is 3.72. The fourth-order valence-electron chi connectivity index (χ4n) is 1.17. The zero-order valence-electron chi connectivity index (χ0n) is 7.74. The maximum Gasteiger partial charge on any atom is 0.306 e. The zero-order chi connectivity index (χ0) is 10.1. The monoisotopic (exact) mass is 184 g/mol. The minimum absolute atomic E-state index is 0.338. The summed E-state index contributed by atoms with van der Waals surface area (Å²) in [5.74, 6) is -1.17. The van der Waals surface area contributed by atoms with Crippen LogP contribution in [0.4, 0.5) is 0 Å². The molecule has 0 amide bonds. The van der Waals surface area contributed by atoms with Gasteiger partial charge in [-0.15, -0.1) is 6.58 Å². The standard InChI is InChI=1S/C10H16O3/c1-2-3-4-6-9(10(12)13)7-5-8-11/h2,8-9H,1,3-7H2,(H,12,13). The quantitative estimate of drug-likeness (QED) is 0.356. The molecule has 0 saturated carbocycles. The lowest BCUT2D eigenvalue weighted by atomic mass is 9.97. The second kappa shape index (κ2) is 7.53. The van der Waals surface area contributed by atoms with Crippen LogP contribution in [0, 0.1) is 5.92 Å². The van der Waals surface area contributed by atoms with Gasteiger partial charge in [-0.05, 0) is 25.7 Å². The van der Waals surface area contributed by atoms with Crippen molar-refractivity contribution < 1.29 is 14.7 Å². The highest BCUT2D eigenvalue weighted by Gasteiger charge is 2.15. The number of rotatable bonds is 8. The van der Waals surface area contributed by atoms with E-state index >= 15 is 0 Å². The largest absolute Gasteiger partial charge is 0.481 e. The van der Waals surface area contributed by atoms with Crippen molar-refractivity contribution in [3.8, 4) is 0 Å². The number of carbonyl (C=O) groups excluding carboxylic acids is 1. The van der Waals surface area contributed by atoms with E-state index in [4.69, 9.17) is 5.11 Å². The van der Waals surface area contributed by atoms with Gasteiger partial charge in [0.15, 0.2) is 0 Å². The maximum absolute atomic E-state index is 10.7. The van der Waals surface area contributed by atoms with Gasteiger partial charge in [-0.1, -0.05) is 6.08 Å². The van der Waals surface area contributed by atoms with Gasteiger partial charge in [0.25, 0.3) is 0 Å². The van der Waals surface area contributed by atoms with Crippen LogP contribution in [0.5, 0.6) is 0 Å². The summed E-state index contributed by atoms with van der Waals surface area (Å²) >= 11 is 0. The number of allylic oxidation sites excluding steroid dienone is 1. The minimum Gasteiger partial charge on any atom is -0.481 e. The predicted molar refractivity (Wildman–Crippen MR) is 50.5 cm³/mol. The number of aldehydes is 1. The van der Waals surface area contributed by atoms with Gasteiger partial charge in [-0.2, -0.15) is 0 Å². The fourth-order valence-corrected chi connectivity index (χ4v) is 1.17. The van der Waals surface area contributed by atoms with E-state index in [1.165, 1.54) is 0 Å². The summed E-state index contributed by atoms with van der Waals surface area (Å²) in [6.07, 6.45) is 5.64. The van der Waals surface area contributed by atoms with E-state index in [0.717, 1.165) is 19.1 Å². The molecule has 0 aliphatic heterocycles. The Morgan fingerprint density at radius 3 is 2.54 bits per heavy atom. The molecule has 0 aliphatic carbocycles. The summed E-state index contributed by atoms with van der Waals surface area (Å²) in [4.78, 5) is 20.7. The summed E-state index contributed by atoms with van der Waals surface area (Å²) in [7, 11) is 0. The molecule has 3 nitrogen and oxygen atoms in total. The van der Waals surface area contributed by atoms with Crippen LogP contribution in [0.25, 0.3) is 0 Å². The second-order valence-electron chi connectivity index (χ2n) is 3.00. The van der Waals surface area contributed by atoms with Crippen molar-refractivity contribution in [3.63, 3.8) is 0 Å². The van der Waals surface area contributed by atoms with Gasteiger partial charge in [0.05, 0.1) is 5.92 Å². The van der Waals surface area contributed by atoms with Crippen LogP contribution in [0.3, 0.4) is 0 Å². The molecule has 0 aromatic rings. The summed E-state index contributed by atoms with van der Waals surface area (Å²) in [5.41, 5.74) is 0. The van der Waals surface area contributed by atoms with Crippen molar-refractivity contribution in [2.45, 2.75) is 32.1 Å². The molecule has 0 spiro atoms. The molecule has 74 valence electrons. The van der Waals surface area contributed by atoms with Crippen LogP contribution in [-0.4, -0.2) is 17.4 Å². The molecule has 0 aromatic heterocycles. The molecule has 0 aromatic carbocycles. The van der Waals surface area contributed by atoms with Gasteiger partial charge in [-0.3, -0.25) is 4.79 Å².